The van der Waals surface area contributed by atoms with Gasteiger partial charge in [-0.3, -0.25) is 4.79 Å². The topological polar surface area (TPSA) is 46.6 Å². The Morgan fingerprint density at radius 2 is 1.94 bits per heavy atom. The Bertz CT molecular complexity index is 378. The fourth-order valence-corrected chi connectivity index (χ4v) is 1.76. The normalized spacial score (nSPS) is 15.4. The minimum absolute atomic E-state index is 0.151. The summed E-state index contributed by atoms with van der Waals surface area (Å²) in [4.78, 5) is 24.7. The quantitative estimate of drug-likeness (QED) is 0.723. The Labute approximate surface area is 109 Å². The average molecular weight is 251 g/mol. The van der Waals surface area contributed by atoms with Crippen LogP contribution in [0.1, 0.15) is 40.5 Å². The largest absolute Gasteiger partial charge is 0.444 e. The number of likely N-dealkylation sites (tertiary alicyclic amines) is 1. The van der Waals surface area contributed by atoms with Crippen LogP contribution in [0.4, 0.5) is 4.79 Å². The van der Waals surface area contributed by atoms with Crippen LogP contribution in [-0.2, 0) is 9.53 Å². The number of Topliss-reactive ketones (excluding diaryl/α,β-unsaturated/α-hetero) is 1. The van der Waals surface area contributed by atoms with Gasteiger partial charge >= 0.3 is 6.09 Å². The molecule has 1 aliphatic heterocycles. The third kappa shape index (κ3) is 4.79. The standard InChI is InChI=1S/C14H21NO3/c1-5-6-7-12(16)8-11-9-15(10-11)13(17)18-14(2,3)4/h11H,7-10H2,1-4H3. The van der Waals surface area contributed by atoms with Gasteiger partial charge < -0.3 is 9.64 Å². The number of amides is 1. The van der Waals surface area contributed by atoms with E-state index >= 15 is 0 Å². The molecule has 0 unspecified atom stereocenters. The van der Waals surface area contributed by atoms with Crippen LogP contribution in [-0.4, -0.2) is 35.5 Å². The Balaban J connectivity index is 2.25. The Hall–Kier alpha value is -1.50. The molecule has 1 aliphatic rings. The summed E-state index contributed by atoms with van der Waals surface area (Å²) in [6, 6.07) is 0. The number of carbonyl (C=O) groups is 2. The number of ketones is 1. The van der Waals surface area contributed by atoms with E-state index in [1.807, 2.05) is 20.8 Å². The maximum absolute atomic E-state index is 11.6. The van der Waals surface area contributed by atoms with Gasteiger partial charge in [0.05, 0.1) is 6.42 Å². The van der Waals surface area contributed by atoms with Crippen molar-refractivity contribution in [3.8, 4) is 11.8 Å². The first-order valence-electron chi connectivity index (χ1n) is 6.21. The summed E-state index contributed by atoms with van der Waals surface area (Å²) in [5.41, 5.74) is -0.464. The van der Waals surface area contributed by atoms with Crippen molar-refractivity contribution in [1.29, 1.82) is 0 Å². The lowest BCUT2D eigenvalue weighted by molar-refractivity contribution is -0.120. The van der Waals surface area contributed by atoms with Crippen molar-refractivity contribution in [2.75, 3.05) is 13.1 Å². The maximum atomic E-state index is 11.6. The van der Waals surface area contributed by atoms with E-state index in [4.69, 9.17) is 4.74 Å². The molecule has 0 spiro atoms. The fourth-order valence-electron chi connectivity index (χ4n) is 1.76. The summed E-state index contributed by atoms with van der Waals surface area (Å²) < 4.78 is 5.24. The Morgan fingerprint density at radius 1 is 1.33 bits per heavy atom. The van der Waals surface area contributed by atoms with E-state index in [0.717, 1.165) is 0 Å². The molecular formula is C14H21NO3. The first-order chi connectivity index (χ1) is 8.31. The van der Waals surface area contributed by atoms with E-state index in [1.54, 1.807) is 11.8 Å². The molecule has 1 rings (SSSR count). The zero-order valence-electron chi connectivity index (χ0n) is 11.6. The minimum atomic E-state index is -0.464. The van der Waals surface area contributed by atoms with Gasteiger partial charge in [-0.1, -0.05) is 5.92 Å². The van der Waals surface area contributed by atoms with Gasteiger partial charge in [-0.05, 0) is 27.7 Å². The van der Waals surface area contributed by atoms with Crippen molar-refractivity contribution < 1.29 is 14.3 Å². The molecule has 0 bridgehead atoms. The minimum Gasteiger partial charge on any atom is -0.444 e. The maximum Gasteiger partial charge on any atom is 0.410 e. The zero-order chi connectivity index (χ0) is 13.8. The fraction of sp³-hybridized carbons (Fsp3) is 0.714. The van der Waals surface area contributed by atoms with Crippen LogP contribution in [0.5, 0.6) is 0 Å². The number of hydrogen-bond donors (Lipinski definition) is 0. The van der Waals surface area contributed by atoms with Gasteiger partial charge in [-0.15, -0.1) is 5.92 Å². The van der Waals surface area contributed by atoms with Crippen molar-refractivity contribution in [2.45, 2.75) is 46.1 Å². The molecule has 0 saturated carbocycles. The average Bonchev–Trinajstić information content (AvgIpc) is 2.16. The SMILES string of the molecule is CC#CCC(=O)CC1CN(C(=O)OC(C)(C)C)C1. The third-order valence-electron chi connectivity index (χ3n) is 2.59. The number of carbonyl (C=O) groups excluding carboxylic acids is 2. The molecule has 0 aromatic rings. The molecule has 4 nitrogen and oxygen atoms in total. The molecule has 1 heterocycles. The highest BCUT2D eigenvalue weighted by Crippen LogP contribution is 2.22. The van der Waals surface area contributed by atoms with E-state index in [1.165, 1.54) is 0 Å². The first kappa shape index (κ1) is 14.6. The van der Waals surface area contributed by atoms with Crippen LogP contribution < -0.4 is 0 Å². The van der Waals surface area contributed by atoms with Gasteiger partial charge in [0.15, 0.2) is 0 Å². The van der Waals surface area contributed by atoms with E-state index in [9.17, 15) is 9.59 Å². The van der Waals surface area contributed by atoms with Gasteiger partial charge in [0.1, 0.15) is 11.4 Å². The lowest BCUT2D eigenvalue weighted by Gasteiger charge is -2.39. The zero-order valence-corrected chi connectivity index (χ0v) is 11.6. The van der Waals surface area contributed by atoms with Crippen LogP contribution in [0.15, 0.2) is 0 Å². The number of nitrogens with zero attached hydrogens (tertiary/aromatic N) is 1. The van der Waals surface area contributed by atoms with Crippen LogP contribution >= 0.6 is 0 Å². The monoisotopic (exact) mass is 251 g/mol. The Morgan fingerprint density at radius 3 is 2.44 bits per heavy atom. The highest BCUT2D eigenvalue weighted by molar-refractivity contribution is 5.81. The predicted molar refractivity (Wildman–Crippen MR) is 69.0 cm³/mol. The second kappa shape index (κ2) is 5.90. The summed E-state index contributed by atoms with van der Waals surface area (Å²) in [6.45, 7) is 8.47. The number of hydrogen-bond acceptors (Lipinski definition) is 3. The lowest BCUT2D eigenvalue weighted by atomic mass is 9.94. The van der Waals surface area contributed by atoms with Crippen LogP contribution in [0.25, 0.3) is 0 Å². The van der Waals surface area contributed by atoms with Gasteiger partial charge in [-0.2, -0.15) is 0 Å². The van der Waals surface area contributed by atoms with E-state index < -0.39 is 5.60 Å². The van der Waals surface area contributed by atoms with Crippen molar-refractivity contribution >= 4 is 11.9 Å². The molecular weight excluding hydrogens is 230 g/mol. The highest BCUT2D eigenvalue weighted by atomic mass is 16.6. The molecule has 0 aromatic heterocycles. The van der Waals surface area contributed by atoms with E-state index in [0.29, 0.717) is 25.9 Å². The van der Waals surface area contributed by atoms with Crippen LogP contribution in [0.2, 0.25) is 0 Å². The second-order valence-corrected chi connectivity index (χ2v) is 5.60. The van der Waals surface area contributed by atoms with Crippen LogP contribution in [0, 0.1) is 17.8 Å². The molecule has 18 heavy (non-hydrogen) atoms. The van der Waals surface area contributed by atoms with Gasteiger partial charge in [-0.25, -0.2) is 4.79 Å². The van der Waals surface area contributed by atoms with Crippen molar-refractivity contribution in [2.24, 2.45) is 5.92 Å². The van der Waals surface area contributed by atoms with Gasteiger partial charge in [0, 0.05) is 25.4 Å². The Kier molecular flexibility index (Phi) is 4.77. The summed E-state index contributed by atoms with van der Waals surface area (Å²) in [6.07, 6.45) is 0.535. The molecule has 0 aliphatic carbocycles. The predicted octanol–water partition coefficient (Wildman–Crippen LogP) is 2.23. The third-order valence-corrected chi connectivity index (χ3v) is 2.59. The van der Waals surface area contributed by atoms with Crippen molar-refractivity contribution in [3.63, 3.8) is 0 Å². The van der Waals surface area contributed by atoms with Crippen molar-refractivity contribution in [1.82, 2.24) is 4.90 Å². The summed E-state index contributed by atoms with van der Waals surface area (Å²) in [5, 5.41) is 0. The summed E-state index contributed by atoms with van der Waals surface area (Å²) in [7, 11) is 0. The van der Waals surface area contributed by atoms with E-state index in [-0.39, 0.29) is 17.8 Å². The number of ether oxygens (including phenoxy) is 1. The van der Waals surface area contributed by atoms with Gasteiger partial charge in [0.2, 0.25) is 0 Å². The molecule has 4 heteroatoms. The van der Waals surface area contributed by atoms with E-state index in [2.05, 4.69) is 11.8 Å². The molecule has 1 amide bonds. The second-order valence-electron chi connectivity index (χ2n) is 5.60. The lowest BCUT2D eigenvalue weighted by Crippen LogP contribution is -2.52. The highest BCUT2D eigenvalue weighted by Gasteiger charge is 2.34. The smallest absolute Gasteiger partial charge is 0.410 e. The summed E-state index contributed by atoms with van der Waals surface area (Å²) >= 11 is 0. The van der Waals surface area contributed by atoms with Crippen molar-refractivity contribution in [3.05, 3.63) is 0 Å². The first-order valence-corrected chi connectivity index (χ1v) is 6.21. The number of rotatable bonds is 3. The molecule has 0 radical (unpaired) electrons. The molecule has 0 N–H and O–H groups in total. The van der Waals surface area contributed by atoms with Crippen LogP contribution in [0.3, 0.4) is 0 Å². The molecule has 100 valence electrons. The van der Waals surface area contributed by atoms with Gasteiger partial charge in [0.25, 0.3) is 0 Å². The molecule has 0 atom stereocenters. The molecule has 1 saturated heterocycles. The molecule has 1 fully saturated rings. The summed E-state index contributed by atoms with van der Waals surface area (Å²) in [5.74, 6) is 5.89. The molecule has 0 aromatic carbocycles.